The van der Waals surface area contributed by atoms with Crippen molar-refractivity contribution in [3.8, 4) is 0 Å². The predicted molar refractivity (Wildman–Crippen MR) is 39.9 cm³/mol. The SMILES string of the molecule is O=[C]N1CCC(NC(=O)C(F)(F)F)C1. The molecule has 79 valence electrons. The molecule has 1 aliphatic heterocycles. The molecule has 0 aromatic rings. The van der Waals surface area contributed by atoms with E-state index in [9.17, 15) is 22.8 Å². The molecule has 0 aliphatic carbocycles. The second-order valence-corrected chi connectivity index (χ2v) is 2.99. The lowest BCUT2D eigenvalue weighted by atomic mass is 10.2. The Hall–Kier alpha value is -1.27. The number of alkyl halides is 3. The van der Waals surface area contributed by atoms with Crippen LogP contribution >= 0.6 is 0 Å². The molecule has 14 heavy (non-hydrogen) atoms. The molecule has 4 nitrogen and oxygen atoms in total. The zero-order chi connectivity index (χ0) is 10.8. The molecule has 1 heterocycles. The van der Waals surface area contributed by atoms with Crippen molar-refractivity contribution in [2.75, 3.05) is 13.1 Å². The maximum Gasteiger partial charge on any atom is 0.471 e. The van der Waals surface area contributed by atoms with Crippen molar-refractivity contribution in [2.45, 2.75) is 18.6 Å². The molecule has 0 saturated carbocycles. The van der Waals surface area contributed by atoms with Crippen LogP contribution in [0.5, 0.6) is 0 Å². The highest BCUT2D eigenvalue weighted by Crippen LogP contribution is 2.16. The van der Waals surface area contributed by atoms with Crippen LogP contribution in [0.4, 0.5) is 13.2 Å². The average Bonchev–Trinajstić information content (AvgIpc) is 2.50. The van der Waals surface area contributed by atoms with Gasteiger partial charge in [-0.2, -0.15) is 13.2 Å². The maximum atomic E-state index is 11.8. The Morgan fingerprint density at radius 2 is 2.14 bits per heavy atom. The quantitative estimate of drug-likeness (QED) is 0.685. The normalized spacial score (nSPS) is 22.2. The van der Waals surface area contributed by atoms with Crippen molar-refractivity contribution in [2.24, 2.45) is 0 Å². The van der Waals surface area contributed by atoms with Crippen molar-refractivity contribution >= 4 is 12.3 Å². The molecule has 1 N–H and O–H groups in total. The highest BCUT2D eigenvalue weighted by Gasteiger charge is 2.40. The van der Waals surface area contributed by atoms with Crippen LogP contribution < -0.4 is 5.32 Å². The first-order chi connectivity index (χ1) is 6.43. The number of carbonyl (C=O) groups excluding carboxylic acids is 2. The topological polar surface area (TPSA) is 49.4 Å². The number of hydrogen-bond acceptors (Lipinski definition) is 2. The Kier molecular flexibility index (Phi) is 2.97. The summed E-state index contributed by atoms with van der Waals surface area (Å²) in [6.07, 6.45) is -2.98. The molecular formula is C7H8F3N2O2. The van der Waals surface area contributed by atoms with Gasteiger partial charge in [-0.05, 0) is 6.42 Å². The number of amides is 2. The minimum absolute atomic E-state index is 0.0886. The molecule has 1 unspecified atom stereocenters. The smallest absolute Gasteiger partial charge is 0.344 e. The van der Waals surface area contributed by atoms with E-state index in [1.54, 1.807) is 11.7 Å². The van der Waals surface area contributed by atoms with Crippen LogP contribution in [0, 0.1) is 0 Å². The van der Waals surface area contributed by atoms with Crippen molar-refractivity contribution in [1.29, 1.82) is 0 Å². The van der Waals surface area contributed by atoms with Crippen molar-refractivity contribution in [3.05, 3.63) is 0 Å². The molecule has 0 spiro atoms. The lowest BCUT2D eigenvalue weighted by molar-refractivity contribution is -0.174. The van der Waals surface area contributed by atoms with E-state index >= 15 is 0 Å². The highest BCUT2D eigenvalue weighted by atomic mass is 19.4. The molecule has 1 rings (SSSR count). The molecule has 1 radical (unpaired) electrons. The molecule has 1 fully saturated rings. The summed E-state index contributed by atoms with van der Waals surface area (Å²) in [5.74, 6) is -1.96. The van der Waals surface area contributed by atoms with Crippen molar-refractivity contribution < 1.29 is 22.8 Å². The van der Waals surface area contributed by atoms with Crippen LogP contribution in [0.3, 0.4) is 0 Å². The van der Waals surface area contributed by atoms with E-state index < -0.39 is 18.1 Å². The first kappa shape index (κ1) is 10.8. The number of likely N-dealkylation sites (tertiary alicyclic amines) is 1. The monoisotopic (exact) mass is 209 g/mol. The van der Waals surface area contributed by atoms with Crippen LogP contribution in [0.25, 0.3) is 0 Å². The zero-order valence-corrected chi connectivity index (χ0v) is 7.10. The fourth-order valence-electron chi connectivity index (χ4n) is 1.23. The first-order valence-electron chi connectivity index (χ1n) is 3.94. The standard InChI is InChI=1S/C7H8F3N2O2/c8-7(9,10)6(14)11-5-1-2-12(3-5)4-13/h5H,1-3H2,(H,11,14). The van der Waals surface area contributed by atoms with Crippen LogP contribution in [0.1, 0.15) is 6.42 Å². The van der Waals surface area contributed by atoms with Crippen LogP contribution in [0.15, 0.2) is 0 Å². The van der Waals surface area contributed by atoms with Gasteiger partial charge in [0, 0.05) is 19.1 Å². The van der Waals surface area contributed by atoms with E-state index in [0.29, 0.717) is 13.0 Å². The third-order valence-corrected chi connectivity index (χ3v) is 1.91. The van der Waals surface area contributed by atoms with Gasteiger partial charge in [0.15, 0.2) is 0 Å². The third kappa shape index (κ3) is 2.61. The summed E-state index contributed by atoms with van der Waals surface area (Å²) in [5, 5.41) is 1.80. The summed E-state index contributed by atoms with van der Waals surface area (Å²) in [6.45, 7) is 0.414. The van der Waals surface area contributed by atoms with Gasteiger partial charge in [-0.1, -0.05) is 0 Å². The number of nitrogens with zero attached hydrogens (tertiary/aromatic N) is 1. The zero-order valence-electron chi connectivity index (χ0n) is 7.10. The van der Waals surface area contributed by atoms with Gasteiger partial charge in [0.2, 0.25) is 0 Å². The molecular weight excluding hydrogens is 201 g/mol. The summed E-state index contributed by atoms with van der Waals surface area (Å²) in [7, 11) is 0. The van der Waals surface area contributed by atoms with Gasteiger partial charge in [0.05, 0.1) is 0 Å². The molecule has 7 heteroatoms. The summed E-state index contributed by atoms with van der Waals surface area (Å²) in [6, 6.07) is -0.620. The van der Waals surface area contributed by atoms with Crippen LogP contribution in [-0.2, 0) is 9.59 Å². The van der Waals surface area contributed by atoms with Gasteiger partial charge in [-0.25, -0.2) is 0 Å². The Morgan fingerprint density at radius 3 is 2.57 bits per heavy atom. The molecule has 1 atom stereocenters. The average molecular weight is 209 g/mol. The van der Waals surface area contributed by atoms with Gasteiger partial charge < -0.3 is 10.2 Å². The summed E-state index contributed by atoms with van der Waals surface area (Å²) >= 11 is 0. The predicted octanol–water partition coefficient (Wildman–Crippen LogP) is -0.194. The minimum Gasteiger partial charge on any atom is -0.344 e. The lowest BCUT2D eigenvalue weighted by Gasteiger charge is -2.13. The van der Waals surface area contributed by atoms with Crippen LogP contribution in [-0.4, -0.2) is 42.5 Å². The fourth-order valence-corrected chi connectivity index (χ4v) is 1.23. The third-order valence-electron chi connectivity index (χ3n) is 1.91. The number of nitrogens with one attached hydrogen (secondary N) is 1. The summed E-state index contributed by atoms with van der Waals surface area (Å²) < 4.78 is 35.3. The number of rotatable bonds is 2. The van der Waals surface area contributed by atoms with Crippen LogP contribution in [0.2, 0.25) is 0 Å². The Balaban J connectivity index is 2.40. The summed E-state index contributed by atoms with van der Waals surface area (Å²) in [4.78, 5) is 21.8. The van der Waals surface area contributed by atoms with E-state index in [1.165, 1.54) is 4.90 Å². The Labute approximate surface area is 78.1 Å². The van der Waals surface area contributed by atoms with Crippen molar-refractivity contribution in [1.82, 2.24) is 10.2 Å². The maximum absolute atomic E-state index is 11.8. The van der Waals surface area contributed by atoms with E-state index in [1.807, 2.05) is 0 Å². The number of carbonyl (C=O) groups is 1. The van der Waals surface area contributed by atoms with Gasteiger partial charge in [-0.15, -0.1) is 0 Å². The van der Waals surface area contributed by atoms with Gasteiger partial charge in [0.1, 0.15) is 0 Å². The molecule has 0 bridgehead atoms. The summed E-state index contributed by atoms with van der Waals surface area (Å²) in [5.41, 5.74) is 0. The van der Waals surface area contributed by atoms with Gasteiger partial charge in [0.25, 0.3) is 0 Å². The van der Waals surface area contributed by atoms with E-state index in [-0.39, 0.29) is 6.54 Å². The largest absolute Gasteiger partial charge is 0.471 e. The van der Waals surface area contributed by atoms with Gasteiger partial charge >= 0.3 is 18.5 Å². The second kappa shape index (κ2) is 3.85. The first-order valence-corrected chi connectivity index (χ1v) is 3.94. The minimum atomic E-state index is -4.86. The molecule has 0 aromatic heterocycles. The highest BCUT2D eigenvalue weighted by molar-refractivity contribution is 5.82. The van der Waals surface area contributed by atoms with Crippen molar-refractivity contribution in [3.63, 3.8) is 0 Å². The number of hydrogen-bond donors (Lipinski definition) is 1. The Bertz CT molecular complexity index is 242. The lowest BCUT2D eigenvalue weighted by Crippen LogP contribution is -2.44. The Morgan fingerprint density at radius 1 is 1.50 bits per heavy atom. The molecule has 2 amide bonds. The molecule has 1 saturated heterocycles. The van der Waals surface area contributed by atoms with E-state index in [4.69, 9.17) is 0 Å². The molecule has 0 aromatic carbocycles. The van der Waals surface area contributed by atoms with E-state index in [0.717, 1.165) is 0 Å². The second-order valence-electron chi connectivity index (χ2n) is 2.99. The number of halogens is 3. The fraction of sp³-hybridized carbons (Fsp3) is 0.714. The molecule has 1 aliphatic rings. The van der Waals surface area contributed by atoms with Gasteiger partial charge in [-0.3, -0.25) is 9.59 Å². The van der Waals surface area contributed by atoms with E-state index in [2.05, 4.69) is 0 Å².